The number of methoxy groups -OCH3 is 2. The maximum absolute atomic E-state index is 13.5. The molecule has 0 bridgehead atoms. The molecule has 1 heterocycles. The van der Waals surface area contributed by atoms with E-state index in [0.29, 0.717) is 40.1 Å². The van der Waals surface area contributed by atoms with Crippen molar-refractivity contribution in [1.82, 2.24) is 9.88 Å². The van der Waals surface area contributed by atoms with Crippen LogP contribution < -0.4 is 25.1 Å². The predicted molar refractivity (Wildman–Crippen MR) is 128 cm³/mol. The Kier molecular flexibility index (Phi) is 6.87. The first-order chi connectivity index (χ1) is 16.0. The predicted octanol–water partition coefficient (Wildman–Crippen LogP) is 4.47. The van der Waals surface area contributed by atoms with Gasteiger partial charge >= 0.3 is 0 Å². The summed E-state index contributed by atoms with van der Waals surface area (Å²) in [6, 6.07) is 10.7. The van der Waals surface area contributed by atoms with Gasteiger partial charge in [0.15, 0.2) is 11.5 Å². The molecule has 1 fully saturated rings. The molecule has 174 valence electrons. The molecule has 7 heteroatoms. The summed E-state index contributed by atoms with van der Waals surface area (Å²) < 4.78 is 17.9. The van der Waals surface area contributed by atoms with Crippen molar-refractivity contribution >= 4 is 16.7 Å². The van der Waals surface area contributed by atoms with Gasteiger partial charge in [-0.05, 0) is 56.2 Å². The van der Waals surface area contributed by atoms with Crippen LogP contribution in [-0.2, 0) is 0 Å². The number of fused-ring (bicyclic) bond motifs is 1. The fraction of sp³-hybridized carbons (Fsp3) is 0.385. The average molecular weight is 451 g/mol. The Morgan fingerprint density at radius 3 is 2.24 bits per heavy atom. The number of nitrogens with zero attached hydrogens (tertiary/aromatic N) is 1. The molecule has 1 aliphatic carbocycles. The topological polar surface area (TPSA) is 78.8 Å². The van der Waals surface area contributed by atoms with Crippen molar-refractivity contribution in [3.63, 3.8) is 0 Å². The van der Waals surface area contributed by atoms with Gasteiger partial charge in [0.25, 0.3) is 11.5 Å². The first-order valence-corrected chi connectivity index (χ1v) is 11.4. The summed E-state index contributed by atoms with van der Waals surface area (Å²) in [6.45, 7) is 2.48. The van der Waals surface area contributed by atoms with E-state index in [9.17, 15) is 9.59 Å². The minimum atomic E-state index is -0.246. The van der Waals surface area contributed by atoms with Crippen LogP contribution in [0.2, 0.25) is 0 Å². The summed E-state index contributed by atoms with van der Waals surface area (Å²) in [6.07, 6.45) is 6.99. The maximum Gasteiger partial charge on any atom is 0.263 e. The summed E-state index contributed by atoms with van der Waals surface area (Å²) in [5.74, 6) is 1.43. The minimum Gasteiger partial charge on any atom is -0.494 e. The van der Waals surface area contributed by atoms with Crippen molar-refractivity contribution in [2.75, 3.05) is 20.8 Å². The van der Waals surface area contributed by atoms with Crippen LogP contribution in [0.15, 0.2) is 47.4 Å². The monoisotopic (exact) mass is 450 g/mol. The van der Waals surface area contributed by atoms with Gasteiger partial charge in [0.05, 0.1) is 31.8 Å². The van der Waals surface area contributed by atoms with E-state index < -0.39 is 0 Å². The molecule has 1 saturated carbocycles. The Hall–Kier alpha value is -3.48. The third kappa shape index (κ3) is 4.67. The van der Waals surface area contributed by atoms with Gasteiger partial charge < -0.3 is 19.5 Å². The SMILES string of the molecule is CCOc1ccc(-n2cc(C(=O)NC3CCCCC3)c3cc(OC)c(OC)cc3c2=O)cc1. The zero-order valence-corrected chi connectivity index (χ0v) is 19.3. The zero-order chi connectivity index (χ0) is 23.4. The largest absolute Gasteiger partial charge is 0.494 e. The van der Waals surface area contributed by atoms with Crippen LogP contribution >= 0.6 is 0 Å². The van der Waals surface area contributed by atoms with Crippen LogP contribution in [-0.4, -0.2) is 37.3 Å². The molecule has 0 aliphatic heterocycles. The molecular weight excluding hydrogens is 420 g/mol. The lowest BCUT2D eigenvalue weighted by Crippen LogP contribution is -2.37. The van der Waals surface area contributed by atoms with Crippen molar-refractivity contribution in [3.8, 4) is 22.9 Å². The van der Waals surface area contributed by atoms with E-state index in [1.165, 1.54) is 25.2 Å². The van der Waals surface area contributed by atoms with Crippen molar-refractivity contribution in [1.29, 1.82) is 0 Å². The highest BCUT2D eigenvalue weighted by Crippen LogP contribution is 2.33. The van der Waals surface area contributed by atoms with E-state index in [1.807, 2.05) is 31.2 Å². The van der Waals surface area contributed by atoms with Crippen molar-refractivity contribution in [2.24, 2.45) is 0 Å². The Morgan fingerprint density at radius 2 is 1.64 bits per heavy atom. The Bertz CT molecular complexity index is 1190. The van der Waals surface area contributed by atoms with Gasteiger partial charge in [-0.15, -0.1) is 0 Å². The first-order valence-electron chi connectivity index (χ1n) is 11.4. The van der Waals surface area contributed by atoms with Crippen LogP contribution in [0.1, 0.15) is 49.4 Å². The number of hydrogen-bond donors (Lipinski definition) is 1. The van der Waals surface area contributed by atoms with Crippen LogP contribution in [0.4, 0.5) is 0 Å². The molecule has 33 heavy (non-hydrogen) atoms. The van der Waals surface area contributed by atoms with Gasteiger partial charge in [-0.2, -0.15) is 0 Å². The number of rotatable bonds is 7. The third-order valence-corrected chi connectivity index (χ3v) is 6.13. The molecule has 1 aliphatic rings. The Morgan fingerprint density at radius 1 is 1.00 bits per heavy atom. The second kappa shape index (κ2) is 9.98. The van der Waals surface area contributed by atoms with Crippen LogP contribution in [0.5, 0.6) is 17.2 Å². The number of aromatic nitrogens is 1. The van der Waals surface area contributed by atoms with E-state index in [4.69, 9.17) is 14.2 Å². The highest BCUT2D eigenvalue weighted by atomic mass is 16.5. The Labute approximate surface area is 193 Å². The van der Waals surface area contributed by atoms with Crippen molar-refractivity contribution in [2.45, 2.75) is 45.1 Å². The molecule has 0 unspecified atom stereocenters. The van der Waals surface area contributed by atoms with Crippen LogP contribution in [0.3, 0.4) is 0 Å². The molecule has 0 radical (unpaired) electrons. The molecule has 0 spiro atoms. The van der Waals surface area contributed by atoms with Gasteiger partial charge in [0.2, 0.25) is 0 Å². The number of nitrogens with one attached hydrogen (secondary N) is 1. The lowest BCUT2D eigenvalue weighted by atomic mass is 9.95. The second-order valence-corrected chi connectivity index (χ2v) is 8.21. The molecule has 1 amide bonds. The molecule has 2 aromatic carbocycles. The maximum atomic E-state index is 13.5. The van der Waals surface area contributed by atoms with E-state index in [0.717, 1.165) is 31.4 Å². The normalized spacial score (nSPS) is 14.2. The summed E-state index contributed by atoms with van der Waals surface area (Å²) >= 11 is 0. The molecule has 0 atom stereocenters. The summed E-state index contributed by atoms with van der Waals surface area (Å²) in [5, 5.41) is 4.09. The standard InChI is InChI=1S/C26H30N2O5/c1-4-33-19-12-10-18(11-13-19)28-16-22(25(29)27-17-8-6-5-7-9-17)20-14-23(31-2)24(32-3)15-21(20)26(28)30/h10-17H,4-9H2,1-3H3,(H,27,29). The fourth-order valence-corrected chi connectivity index (χ4v) is 4.42. The number of carbonyl (C=O) groups excluding carboxylic acids is 1. The van der Waals surface area contributed by atoms with Gasteiger partial charge in [-0.3, -0.25) is 14.2 Å². The average Bonchev–Trinajstić information content (AvgIpc) is 2.85. The first kappa shape index (κ1) is 22.7. The molecule has 1 N–H and O–H groups in total. The molecule has 4 rings (SSSR count). The van der Waals surface area contributed by atoms with E-state index >= 15 is 0 Å². The van der Waals surface area contributed by atoms with E-state index in [1.54, 1.807) is 18.3 Å². The van der Waals surface area contributed by atoms with Crippen molar-refractivity contribution in [3.05, 3.63) is 58.5 Å². The highest BCUT2D eigenvalue weighted by Gasteiger charge is 2.22. The Balaban J connectivity index is 1.86. The van der Waals surface area contributed by atoms with Gasteiger partial charge in [-0.1, -0.05) is 19.3 Å². The summed E-state index contributed by atoms with van der Waals surface area (Å²) in [7, 11) is 3.06. The number of benzene rings is 2. The van der Waals surface area contributed by atoms with Gasteiger partial charge in [0.1, 0.15) is 5.75 Å². The van der Waals surface area contributed by atoms with Crippen LogP contribution in [0.25, 0.3) is 16.5 Å². The number of pyridine rings is 1. The van der Waals surface area contributed by atoms with Crippen molar-refractivity contribution < 1.29 is 19.0 Å². The summed E-state index contributed by atoms with van der Waals surface area (Å²) in [5.41, 5.74) is 0.821. The smallest absolute Gasteiger partial charge is 0.263 e. The van der Waals surface area contributed by atoms with Gasteiger partial charge in [0, 0.05) is 23.3 Å². The summed E-state index contributed by atoms with van der Waals surface area (Å²) in [4.78, 5) is 26.9. The molecule has 1 aromatic heterocycles. The number of amides is 1. The highest BCUT2D eigenvalue weighted by molar-refractivity contribution is 6.07. The number of carbonyl (C=O) groups is 1. The molecule has 3 aromatic rings. The third-order valence-electron chi connectivity index (χ3n) is 6.13. The molecule has 7 nitrogen and oxygen atoms in total. The van der Waals surface area contributed by atoms with Gasteiger partial charge in [-0.25, -0.2) is 0 Å². The van der Waals surface area contributed by atoms with Crippen LogP contribution in [0, 0.1) is 0 Å². The molecule has 0 saturated heterocycles. The lowest BCUT2D eigenvalue weighted by Gasteiger charge is -2.23. The molecular formula is C26H30N2O5. The minimum absolute atomic E-state index is 0.146. The lowest BCUT2D eigenvalue weighted by molar-refractivity contribution is 0.0929. The van der Waals surface area contributed by atoms with E-state index in [2.05, 4.69) is 5.32 Å². The van der Waals surface area contributed by atoms with E-state index in [-0.39, 0.29) is 17.5 Å². The second-order valence-electron chi connectivity index (χ2n) is 8.21. The quantitative estimate of drug-likeness (QED) is 0.575. The zero-order valence-electron chi connectivity index (χ0n) is 19.3. The number of hydrogen-bond acceptors (Lipinski definition) is 5. The fourth-order valence-electron chi connectivity index (χ4n) is 4.42. The number of ether oxygens (including phenoxy) is 3.